The maximum Gasteiger partial charge on any atom is 0.331 e. The molecule has 0 aliphatic heterocycles. The summed E-state index contributed by atoms with van der Waals surface area (Å²) in [6.45, 7) is 5.40. The van der Waals surface area contributed by atoms with Crippen molar-refractivity contribution in [2.24, 2.45) is 0 Å². The predicted molar refractivity (Wildman–Crippen MR) is 82.0 cm³/mol. The van der Waals surface area contributed by atoms with Gasteiger partial charge in [-0.3, -0.25) is 4.79 Å². The van der Waals surface area contributed by atoms with Gasteiger partial charge in [0.15, 0.2) is 0 Å². The number of ether oxygens (including phenoxy) is 1. The Hall–Kier alpha value is -1.11. The van der Waals surface area contributed by atoms with Crippen LogP contribution in [0.2, 0.25) is 0 Å². The van der Waals surface area contributed by atoms with Gasteiger partial charge in [0, 0.05) is 16.2 Å². The van der Waals surface area contributed by atoms with E-state index < -0.39 is 11.5 Å². The molecule has 0 bridgehead atoms. The molecule has 0 saturated carbocycles. The van der Waals surface area contributed by atoms with Gasteiger partial charge in [0.25, 0.3) is 5.91 Å². The number of rotatable bonds is 4. The van der Waals surface area contributed by atoms with Gasteiger partial charge in [0.1, 0.15) is 5.54 Å². The van der Waals surface area contributed by atoms with Crippen molar-refractivity contribution in [1.29, 1.82) is 0 Å². The molecule has 0 N–H and O–H groups in total. The summed E-state index contributed by atoms with van der Waals surface area (Å²) in [4.78, 5) is 25.6. The summed E-state index contributed by atoms with van der Waals surface area (Å²) in [5.41, 5.74) is -0.434. The largest absolute Gasteiger partial charge is 0.464 e. The predicted octanol–water partition coefficient (Wildman–Crippen LogP) is 2.70. The molecule has 5 heteroatoms. The van der Waals surface area contributed by atoms with Crippen molar-refractivity contribution < 1.29 is 14.3 Å². The van der Waals surface area contributed by atoms with E-state index >= 15 is 0 Å². The van der Waals surface area contributed by atoms with Gasteiger partial charge in [0.2, 0.25) is 0 Å². The average Bonchev–Trinajstić information content (AvgIpc) is 2.38. The van der Waals surface area contributed by atoms with Gasteiger partial charge in [-0.1, -0.05) is 0 Å². The number of carbonyl (C=O) groups excluding carboxylic acids is 2. The van der Waals surface area contributed by atoms with E-state index in [1.54, 1.807) is 40.0 Å². The zero-order chi connectivity index (χ0) is 14.6. The molecular formula is C14H18INO3. The van der Waals surface area contributed by atoms with Crippen LogP contribution in [0, 0.1) is 3.57 Å². The Kier molecular flexibility index (Phi) is 5.34. The third kappa shape index (κ3) is 3.68. The first-order valence-corrected chi connectivity index (χ1v) is 7.09. The van der Waals surface area contributed by atoms with Crippen LogP contribution in [0.25, 0.3) is 0 Å². The summed E-state index contributed by atoms with van der Waals surface area (Å²) >= 11 is 2.18. The molecule has 1 aromatic rings. The minimum Gasteiger partial charge on any atom is -0.464 e. The number of esters is 1. The second-order valence-corrected chi connectivity index (χ2v) is 5.90. The summed E-state index contributed by atoms with van der Waals surface area (Å²) in [6.07, 6.45) is 0. The molecular weight excluding hydrogens is 357 g/mol. The van der Waals surface area contributed by atoms with E-state index in [4.69, 9.17) is 4.74 Å². The van der Waals surface area contributed by atoms with Crippen LogP contribution in [0.4, 0.5) is 0 Å². The van der Waals surface area contributed by atoms with E-state index in [1.165, 1.54) is 4.90 Å². The van der Waals surface area contributed by atoms with Gasteiger partial charge in [-0.05, 0) is 67.6 Å². The first kappa shape index (κ1) is 15.9. The highest BCUT2D eigenvalue weighted by atomic mass is 127. The average molecular weight is 375 g/mol. The highest BCUT2D eigenvalue weighted by molar-refractivity contribution is 14.1. The van der Waals surface area contributed by atoms with Gasteiger partial charge in [-0.15, -0.1) is 0 Å². The molecule has 1 rings (SSSR count). The van der Waals surface area contributed by atoms with Crippen LogP contribution in [0.5, 0.6) is 0 Å². The maximum absolute atomic E-state index is 12.3. The van der Waals surface area contributed by atoms with Crippen molar-refractivity contribution in [3.8, 4) is 0 Å². The molecule has 0 unspecified atom stereocenters. The molecule has 0 spiro atoms. The fourth-order valence-electron chi connectivity index (χ4n) is 1.48. The summed E-state index contributed by atoms with van der Waals surface area (Å²) in [7, 11) is 1.61. The van der Waals surface area contributed by atoms with Crippen LogP contribution in [0.1, 0.15) is 31.1 Å². The van der Waals surface area contributed by atoms with Gasteiger partial charge in [-0.25, -0.2) is 4.79 Å². The number of nitrogens with zero attached hydrogens (tertiary/aromatic N) is 1. The molecule has 0 heterocycles. The topological polar surface area (TPSA) is 46.6 Å². The Morgan fingerprint density at radius 3 is 2.26 bits per heavy atom. The minimum atomic E-state index is -0.990. The van der Waals surface area contributed by atoms with E-state index in [0.29, 0.717) is 12.2 Å². The first-order valence-electron chi connectivity index (χ1n) is 6.01. The molecule has 19 heavy (non-hydrogen) atoms. The molecule has 0 atom stereocenters. The van der Waals surface area contributed by atoms with Crippen molar-refractivity contribution in [2.45, 2.75) is 26.3 Å². The van der Waals surface area contributed by atoms with Crippen molar-refractivity contribution in [2.75, 3.05) is 13.7 Å². The molecule has 0 aliphatic carbocycles. The smallest absolute Gasteiger partial charge is 0.331 e. The Labute approximate surface area is 127 Å². The lowest BCUT2D eigenvalue weighted by molar-refractivity contribution is -0.153. The lowest BCUT2D eigenvalue weighted by Crippen LogP contribution is -2.51. The van der Waals surface area contributed by atoms with E-state index in [0.717, 1.165) is 3.57 Å². The highest BCUT2D eigenvalue weighted by Crippen LogP contribution is 2.18. The monoisotopic (exact) mass is 375 g/mol. The third-order valence-corrected chi connectivity index (χ3v) is 3.73. The van der Waals surface area contributed by atoms with Crippen LogP contribution in [0.3, 0.4) is 0 Å². The number of carbonyl (C=O) groups is 2. The van der Waals surface area contributed by atoms with Crippen LogP contribution in [-0.4, -0.2) is 36.0 Å². The molecule has 0 aliphatic rings. The van der Waals surface area contributed by atoms with Crippen molar-refractivity contribution in [3.05, 3.63) is 33.4 Å². The standard InChI is InChI=1S/C14H18INO3/c1-5-19-13(18)14(2,3)16(4)12(17)10-6-8-11(15)9-7-10/h6-9H,5H2,1-4H3. The second-order valence-electron chi connectivity index (χ2n) is 4.65. The van der Waals surface area contributed by atoms with Crippen molar-refractivity contribution in [3.63, 3.8) is 0 Å². The lowest BCUT2D eigenvalue weighted by atomic mass is 10.0. The summed E-state index contributed by atoms with van der Waals surface area (Å²) < 4.78 is 6.06. The molecule has 1 aromatic carbocycles. The molecule has 0 aromatic heterocycles. The minimum absolute atomic E-state index is 0.200. The molecule has 0 radical (unpaired) electrons. The zero-order valence-corrected chi connectivity index (χ0v) is 13.7. The fourth-order valence-corrected chi connectivity index (χ4v) is 1.84. The van der Waals surface area contributed by atoms with Crippen molar-refractivity contribution >= 4 is 34.5 Å². The van der Waals surface area contributed by atoms with E-state index in [1.807, 2.05) is 12.1 Å². The maximum atomic E-state index is 12.3. The van der Waals surface area contributed by atoms with Crippen LogP contribution in [-0.2, 0) is 9.53 Å². The van der Waals surface area contributed by atoms with Crippen LogP contribution >= 0.6 is 22.6 Å². The number of likely N-dealkylation sites (N-methyl/N-ethyl adjacent to an activating group) is 1. The lowest BCUT2D eigenvalue weighted by Gasteiger charge is -2.33. The summed E-state index contributed by atoms with van der Waals surface area (Å²) in [6, 6.07) is 7.22. The molecule has 104 valence electrons. The van der Waals surface area contributed by atoms with Crippen LogP contribution in [0.15, 0.2) is 24.3 Å². The zero-order valence-electron chi connectivity index (χ0n) is 11.6. The Balaban J connectivity index is 2.92. The molecule has 0 saturated heterocycles. The first-order chi connectivity index (χ1) is 8.80. The van der Waals surface area contributed by atoms with E-state index in [-0.39, 0.29) is 5.91 Å². The Morgan fingerprint density at radius 1 is 1.26 bits per heavy atom. The molecule has 0 fully saturated rings. The fraction of sp³-hybridized carbons (Fsp3) is 0.429. The molecule has 4 nitrogen and oxygen atoms in total. The van der Waals surface area contributed by atoms with Gasteiger partial charge in [0.05, 0.1) is 6.61 Å². The SMILES string of the molecule is CCOC(=O)C(C)(C)N(C)C(=O)c1ccc(I)cc1. The van der Waals surface area contributed by atoms with Gasteiger partial charge >= 0.3 is 5.97 Å². The molecule has 1 amide bonds. The van der Waals surface area contributed by atoms with E-state index in [2.05, 4.69) is 22.6 Å². The Morgan fingerprint density at radius 2 is 1.79 bits per heavy atom. The number of benzene rings is 1. The number of hydrogen-bond acceptors (Lipinski definition) is 3. The van der Waals surface area contributed by atoms with Crippen molar-refractivity contribution in [1.82, 2.24) is 4.90 Å². The number of hydrogen-bond donors (Lipinski definition) is 0. The number of halogens is 1. The third-order valence-electron chi connectivity index (χ3n) is 3.01. The summed E-state index contributed by atoms with van der Waals surface area (Å²) in [5.74, 6) is -0.606. The van der Waals surface area contributed by atoms with Gasteiger partial charge in [-0.2, -0.15) is 0 Å². The Bertz CT molecular complexity index is 468. The number of amides is 1. The highest BCUT2D eigenvalue weighted by Gasteiger charge is 2.37. The van der Waals surface area contributed by atoms with E-state index in [9.17, 15) is 9.59 Å². The quantitative estimate of drug-likeness (QED) is 0.601. The second kappa shape index (κ2) is 6.36. The summed E-state index contributed by atoms with van der Waals surface area (Å²) in [5, 5.41) is 0. The van der Waals surface area contributed by atoms with Crippen LogP contribution < -0.4 is 0 Å². The normalized spacial score (nSPS) is 11.0. The van der Waals surface area contributed by atoms with Gasteiger partial charge < -0.3 is 9.64 Å².